The van der Waals surface area contributed by atoms with Crippen molar-refractivity contribution >= 4 is 11.4 Å². The summed E-state index contributed by atoms with van der Waals surface area (Å²) in [7, 11) is 0. The van der Waals surface area contributed by atoms with E-state index >= 15 is 0 Å². The van der Waals surface area contributed by atoms with E-state index < -0.39 is 0 Å². The van der Waals surface area contributed by atoms with Crippen LogP contribution in [-0.4, -0.2) is 9.78 Å². The molecule has 0 saturated carbocycles. The number of H-pyrrole nitrogens is 1. The van der Waals surface area contributed by atoms with E-state index in [0.29, 0.717) is 11.4 Å². The van der Waals surface area contributed by atoms with Crippen LogP contribution in [-0.2, 0) is 0 Å². The number of azo groups is 1. The van der Waals surface area contributed by atoms with Gasteiger partial charge in [-0.1, -0.05) is 60.7 Å². The Bertz CT molecular complexity index is 1140. The van der Waals surface area contributed by atoms with Gasteiger partial charge in [-0.05, 0) is 36.8 Å². The Hall–Kier alpha value is -3.73. The maximum atomic E-state index is 13.0. The van der Waals surface area contributed by atoms with Crippen LogP contribution in [0.1, 0.15) is 5.56 Å². The third-order valence-corrected chi connectivity index (χ3v) is 4.21. The highest BCUT2D eigenvalue weighted by Crippen LogP contribution is 2.28. The summed E-state index contributed by atoms with van der Waals surface area (Å²) in [6.45, 7) is 1.99. The van der Waals surface area contributed by atoms with Gasteiger partial charge in [0.25, 0.3) is 5.56 Å². The molecule has 0 aliphatic heterocycles. The Kier molecular flexibility index (Phi) is 4.49. The van der Waals surface area contributed by atoms with E-state index in [1.54, 1.807) is 0 Å². The molecular weight excluding hydrogens is 336 g/mol. The van der Waals surface area contributed by atoms with E-state index in [-0.39, 0.29) is 11.2 Å². The zero-order valence-electron chi connectivity index (χ0n) is 14.8. The Morgan fingerprint density at radius 1 is 0.815 bits per heavy atom. The van der Waals surface area contributed by atoms with Crippen molar-refractivity contribution in [3.05, 3.63) is 101 Å². The number of aryl methyl sites for hydroxylation is 1. The molecule has 5 nitrogen and oxygen atoms in total. The normalized spacial score (nSPS) is 11.1. The molecule has 27 heavy (non-hydrogen) atoms. The fourth-order valence-electron chi connectivity index (χ4n) is 2.88. The van der Waals surface area contributed by atoms with Gasteiger partial charge < -0.3 is 0 Å². The van der Waals surface area contributed by atoms with Crippen LogP contribution in [0.4, 0.5) is 11.4 Å². The van der Waals surface area contributed by atoms with Gasteiger partial charge in [0.1, 0.15) is 0 Å². The maximum absolute atomic E-state index is 13.0. The lowest BCUT2D eigenvalue weighted by Gasteiger charge is -2.01. The SMILES string of the molecule is Cc1cccc(N=Nc2c(-c3ccccc3)[nH]n(-c3ccccc3)c2=O)c1. The Morgan fingerprint density at radius 3 is 2.22 bits per heavy atom. The maximum Gasteiger partial charge on any atom is 0.299 e. The predicted octanol–water partition coefficient (Wildman–Crippen LogP) is 5.56. The van der Waals surface area contributed by atoms with Crippen molar-refractivity contribution in [1.29, 1.82) is 0 Å². The van der Waals surface area contributed by atoms with Crippen molar-refractivity contribution in [2.75, 3.05) is 0 Å². The molecule has 0 amide bonds. The summed E-state index contributed by atoms with van der Waals surface area (Å²) in [4.78, 5) is 13.0. The van der Waals surface area contributed by atoms with Crippen molar-refractivity contribution < 1.29 is 0 Å². The lowest BCUT2D eigenvalue weighted by Crippen LogP contribution is -2.13. The molecule has 1 heterocycles. The lowest BCUT2D eigenvalue weighted by atomic mass is 10.1. The summed E-state index contributed by atoms with van der Waals surface area (Å²) in [5.74, 6) is 0. The van der Waals surface area contributed by atoms with Crippen LogP contribution in [0.25, 0.3) is 16.9 Å². The van der Waals surface area contributed by atoms with E-state index in [0.717, 1.165) is 16.8 Å². The molecule has 0 bridgehead atoms. The number of hydrogen-bond acceptors (Lipinski definition) is 3. The number of nitrogens with one attached hydrogen (secondary N) is 1. The molecule has 4 aromatic rings. The van der Waals surface area contributed by atoms with Crippen LogP contribution in [0.2, 0.25) is 0 Å². The number of rotatable bonds is 4. The van der Waals surface area contributed by atoms with Gasteiger partial charge in [-0.15, -0.1) is 5.11 Å². The summed E-state index contributed by atoms with van der Waals surface area (Å²) in [6.07, 6.45) is 0. The molecule has 0 spiro atoms. The molecule has 0 fully saturated rings. The van der Waals surface area contributed by atoms with Crippen molar-refractivity contribution in [3.8, 4) is 16.9 Å². The second kappa shape index (κ2) is 7.25. The Balaban J connectivity index is 1.86. The van der Waals surface area contributed by atoms with Gasteiger partial charge in [-0.2, -0.15) is 5.11 Å². The second-order valence-electron chi connectivity index (χ2n) is 6.22. The van der Waals surface area contributed by atoms with Crippen molar-refractivity contribution in [2.24, 2.45) is 10.2 Å². The highest BCUT2D eigenvalue weighted by atomic mass is 16.1. The van der Waals surface area contributed by atoms with Gasteiger partial charge in [0, 0.05) is 5.56 Å². The van der Waals surface area contributed by atoms with Gasteiger partial charge in [0.05, 0.1) is 17.1 Å². The topological polar surface area (TPSA) is 62.5 Å². The first-order chi connectivity index (χ1) is 13.2. The zero-order valence-corrected chi connectivity index (χ0v) is 14.8. The number of aromatic nitrogens is 2. The Labute approximate surface area is 156 Å². The first-order valence-electron chi connectivity index (χ1n) is 8.66. The summed E-state index contributed by atoms with van der Waals surface area (Å²) >= 11 is 0. The first kappa shape index (κ1) is 16.7. The smallest absolute Gasteiger partial charge is 0.288 e. The van der Waals surface area contributed by atoms with Gasteiger partial charge in [-0.25, -0.2) is 4.68 Å². The third-order valence-electron chi connectivity index (χ3n) is 4.21. The number of nitrogens with zero attached hydrogens (tertiary/aromatic N) is 3. The molecule has 5 heteroatoms. The summed E-state index contributed by atoms with van der Waals surface area (Å²) in [5, 5.41) is 11.8. The standard InChI is InChI=1S/C22H18N4O/c1-16-9-8-12-18(15-16)23-24-21-20(17-10-4-2-5-11-17)25-26(22(21)27)19-13-6-3-7-14-19/h2-15,25H,1H3. The average molecular weight is 354 g/mol. The fraction of sp³-hybridized carbons (Fsp3) is 0.0455. The second-order valence-corrected chi connectivity index (χ2v) is 6.22. The van der Waals surface area contributed by atoms with Crippen molar-refractivity contribution in [1.82, 2.24) is 9.78 Å². The zero-order chi connectivity index (χ0) is 18.6. The molecule has 0 radical (unpaired) electrons. The first-order valence-corrected chi connectivity index (χ1v) is 8.66. The number of para-hydroxylation sites is 1. The van der Waals surface area contributed by atoms with Gasteiger partial charge in [0.15, 0.2) is 5.69 Å². The Morgan fingerprint density at radius 2 is 1.52 bits per heavy atom. The van der Waals surface area contributed by atoms with Crippen LogP contribution in [0.5, 0.6) is 0 Å². The summed E-state index contributed by atoms with van der Waals surface area (Å²) < 4.78 is 1.49. The molecule has 1 N–H and O–H groups in total. The van der Waals surface area contributed by atoms with Gasteiger partial charge in [0.2, 0.25) is 0 Å². The van der Waals surface area contributed by atoms with Crippen LogP contribution in [0.15, 0.2) is 100.0 Å². The third kappa shape index (κ3) is 3.48. The largest absolute Gasteiger partial charge is 0.299 e. The van der Waals surface area contributed by atoms with E-state index in [9.17, 15) is 4.79 Å². The molecular formula is C22H18N4O. The monoisotopic (exact) mass is 354 g/mol. The molecule has 0 aliphatic rings. The molecule has 0 saturated heterocycles. The molecule has 4 rings (SSSR count). The average Bonchev–Trinajstić information content (AvgIpc) is 3.04. The van der Waals surface area contributed by atoms with Crippen molar-refractivity contribution in [3.63, 3.8) is 0 Å². The number of benzene rings is 3. The van der Waals surface area contributed by atoms with Gasteiger partial charge in [-0.3, -0.25) is 9.89 Å². The van der Waals surface area contributed by atoms with Crippen LogP contribution < -0.4 is 5.56 Å². The highest BCUT2D eigenvalue weighted by molar-refractivity contribution is 5.71. The van der Waals surface area contributed by atoms with Crippen LogP contribution >= 0.6 is 0 Å². The minimum Gasteiger partial charge on any atom is -0.288 e. The summed E-state index contributed by atoms with van der Waals surface area (Å²) in [6, 6.07) is 26.8. The minimum atomic E-state index is -0.239. The number of hydrogen-bond donors (Lipinski definition) is 1. The molecule has 0 aliphatic carbocycles. The van der Waals surface area contributed by atoms with E-state index in [1.807, 2.05) is 91.9 Å². The van der Waals surface area contributed by atoms with Crippen LogP contribution in [0, 0.1) is 6.92 Å². The molecule has 0 atom stereocenters. The summed E-state index contributed by atoms with van der Waals surface area (Å²) in [5.41, 5.74) is 4.11. The van der Waals surface area contributed by atoms with Crippen LogP contribution in [0.3, 0.4) is 0 Å². The highest BCUT2D eigenvalue weighted by Gasteiger charge is 2.16. The number of aromatic amines is 1. The van der Waals surface area contributed by atoms with E-state index in [1.165, 1.54) is 4.68 Å². The fourth-order valence-corrected chi connectivity index (χ4v) is 2.88. The quantitative estimate of drug-likeness (QED) is 0.479. The van der Waals surface area contributed by atoms with E-state index in [4.69, 9.17) is 0 Å². The molecule has 132 valence electrons. The lowest BCUT2D eigenvalue weighted by molar-refractivity contribution is 0.852. The molecule has 1 aromatic heterocycles. The van der Waals surface area contributed by atoms with Crippen molar-refractivity contribution in [2.45, 2.75) is 6.92 Å². The minimum absolute atomic E-state index is 0.239. The predicted molar refractivity (Wildman–Crippen MR) is 107 cm³/mol. The molecule has 3 aromatic carbocycles. The molecule has 0 unspecified atom stereocenters. The van der Waals surface area contributed by atoms with E-state index in [2.05, 4.69) is 15.3 Å². The van der Waals surface area contributed by atoms with Gasteiger partial charge >= 0.3 is 0 Å².